The molecule has 1 aliphatic carbocycles. The monoisotopic (exact) mass is 375 g/mol. The highest BCUT2D eigenvalue weighted by atomic mass is 16.2. The molecule has 1 aliphatic rings. The average molecular weight is 376 g/mol. The molecule has 0 saturated carbocycles. The third kappa shape index (κ3) is 4.92. The van der Waals surface area contributed by atoms with Gasteiger partial charge in [0, 0.05) is 19.5 Å². The van der Waals surface area contributed by atoms with Gasteiger partial charge < -0.3 is 4.90 Å². The highest BCUT2D eigenvalue weighted by Gasteiger charge is 2.18. The molecule has 0 aromatic heterocycles. The van der Waals surface area contributed by atoms with Gasteiger partial charge >= 0.3 is 0 Å². The molecule has 148 valence electrons. The molecular formula is C26H33NO. The smallest absolute Gasteiger partial charge is 0.222 e. The molecule has 28 heavy (non-hydrogen) atoms. The molecule has 0 aliphatic heterocycles. The van der Waals surface area contributed by atoms with Gasteiger partial charge in [0.15, 0.2) is 0 Å². The molecule has 0 spiro atoms. The zero-order valence-electron chi connectivity index (χ0n) is 17.8. The lowest BCUT2D eigenvalue weighted by molar-refractivity contribution is -0.131. The lowest BCUT2D eigenvalue weighted by Crippen LogP contribution is -2.31. The number of carbonyl (C=O) groups is 1. The molecule has 1 amide bonds. The van der Waals surface area contributed by atoms with E-state index in [4.69, 9.17) is 0 Å². The Balaban J connectivity index is 1.69. The molecule has 0 bridgehead atoms. The minimum Gasteiger partial charge on any atom is -0.338 e. The van der Waals surface area contributed by atoms with Gasteiger partial charge in [-0.15, -0.1) is 0 Å². The number of nitrogens with zero attached hydrogens (tertiary/aromatic N) is 1. The Labute approximate surface area is 170 Å². The number of benzene rings is 2. The Hall–Kier alpha value is -2.35. The largest absolute Gasteiger partial charge is 0.338 e. The number of carbonyl (C=O) groups excluding carboxylic acids is 1. The van der Waals surface area contributed by atoms with Crippen LogP contribution in [0.2, 0.25) is 0 Å². The summed E-state index contributed by atoms with van der Waals surface area (Å²) in [5.41, 5.74) is 6.83. The highest BCUT2D eigenvalue weighted by molar-refractivity contribution is 5.77. The predicted octanol–water partition coefficient (Wildman–Crippen LogP) is 6.14. The summed E-state index contributed by atoms with van der Waals surface area (Å²) in [6.07, 6.45) is 5.78. The van der Waals surface area contributed by atoms with E-state index in [9.17, 15) is 4.79 Å². The molecule has 0 N–H and O–H groups in total. The van der Waals surface area contributed by atoms with E-state index in [0.717, 1.165) is 25.8 Å². The van der Waals surface area contributed by atoms with Crippen molar-refractivity contribution in [3.05, 3.63) is 76.9 Å². The van der Waals surface area contributed by atoms with Crippen LogP contribution in [0.1, 0.15) is 69.2 Å². The van der Waals surface area contributed by atoms with Crippen LogP contribution in [-0.4, -0.2) is 17.4 Å². The molecule has 0 unspecified atom stereocenters. The van der Waals surface area contributed by atoms with E-state index >= 15 is 0 Å². The molecule has 2 aromatic carbocycles. The fourth-order valence-electron chi connectivity index (χ4n) is 3.84. The first-order valence-corrected chi connectivity index (χ1v) is 10.5. The fraction of sp³-hybridized carbons (Fsp3) is 0.423. The Bertz CT molecular complexity index is 839. The van der Waals surface area contributed by atoms with E-state index in [1.807, 2.05) is 4.90 Å². The Morgan fingerprint density at radius 1 is 1.04 bits per heavy atom. The molecular weight excluding hydrogens is 342 g/mol. The Morgan fingerprint density at radius 2 is 1.75 bits per heavy atom. The first-order valence-electron chi connectivity index (χ1n) is 10.5. The molecule has 0 atom stereocenters. The van der Waals surface area contributed by atoms with Gasteiger partial charge in [-0.25, -0.2) is 0 Å². The van der Waals surface area contributed by atoms with Crippen LogP contribution in [0.15, 0.2) is 54.6 Å². The van der Waals surface area contributed by atoms with Crippen molar-refractivity contribution in [2.24, 2.45) is 0 Å². The zero-order valence-corrected chi connectivity index (χ0v) is 17.8. The van der Waals surface area contributed by atoms with Crippen molar-refractivity contribution < 1.29 is 4.79 Å². The summed E-state index contributed by atoms with van der Waals surface area (Å²) in [6.45, 7) is 10.2. The number of allylic oxidation sites excluding steroid dienone is 1. The number of hydrogen-bond acceptors (Lipinski definition) is 1. The van der Waals surface area contributed by atoms with Crippen LogP contribution in [0.3, 0.4) is 0 Å². The molecule has 0 fully saturated rings. The van der Waals surface area contributed by atoms with Gasteiger partial charge in [-0.1, -0.05) is 82.3 Å². The molecule has 0 heterocycles. The average Bonchev–Trinajstić information content (AvgIpc) is 3.08. The second-order valence-corrected chi connectivity index (χ2v) is 8.85. The molecule has 2 heteroatoms. The molecule has 0 saturated heterocycles. The topological polar surface area (TPSA) is 20.3 Å². The summed E-state index contributed by atoms with van der Waals surface area (Å²) < 4.78 is 0. The number of fused-ring (bicyclic) bond motifs is 1. The van der Waals surface area contributed by atoms with Crippen molar-refractivity contribution >= 4 is 11.5 Å². The molecule has 0 radical (unpaired) electrons. The number of rotatable bonds is 7. The van der Waals surface area contributed by atoms with Crippen molar-refractivity contribution in [1.82, 2.24) is 4.90 Å². The van der Waals surface area contributed by atoms with E-state index in [1.54, 1.807) is 0 Å². The van der Waals surface area contributed by atoms with Gasteiger partial charge in [0.2, 0.25) is 5.91 Å². The summed E-state index contributed by atoms with van der Waals surface area (Å²) in [6, 6.07) is 17.4. The number of amides is 1. The van der Waals surface area contributed by atoms with E-state index < -0.39 is 0 Å². The minimum atomic E-state index is 0.151. The van der Waals surface area contributed by atoms with Crippen molar-refractivity contribution in [3.8, 4) is 0 Å². The van der Waals surface area contributed by atoms with E-state index in [1.165, 1.54) is 27.8 Å². The summed E-state index contributed by atoms with van der Waals surface area (Å²) in [7, 11) is 0. The maximum atomic E-state index is 12.7. The van der Waals surface area contributed by atoms with Crippen molar-refractivity contribution in [2.45, 2.75) is 65.3 Å². The van der Waals surface area contributed by atoms with Crippen LogP contribution < -0.4 is 0 Å². The van der Waals surface area contributed by atoms with Crippen LogP contribution in [0, 0.1) is 0 Å². The van der Waals surface area contributed by atoms with Gasteiger partial charge in [0.05, 0.1) is 0 Å². The van der Waals surface area contributed by atoms with Gasteiger partial charge in [0.1, 0.15) is 0 Å². The normalized spacial score (nSPS) is 13.2. The lowest BCUT2D eigenvalue weighted by atomic mass is 9.87. The van der Waals surface area contributed by atoms with Crippen molar-refractivity contribution in [3.63, 3.8) is 0 Å². The van der Waals surface area contributed by atoms with Crippen LogP contribution in [0.4, 0.5) is 0 Å². The van der Waals surface area contributed by atoms with Crippen molar-refractivity contribution in [2.75, 3.05) is 6.54 Å². The lowest BCUT2D eigenvalue weighted by Gasteiger charge is -2.24. The van der Waals surface area contributed by atoms with Crippen LogP contribution in [0.25, 0.3) is 5.57 Å². The van der Waals surface area contributed by atoms with Crippen LogP contribution in [0.5, 0.6) is 0 Å². The second kappa shape index (κ2) is 8.77. The van der Waals surface area contributed by atoms with Crippen LogP contribution in [-0.2, 0) is 23.2 Å². The predicted molar refractivity (Wildman–Crippen MR) is 118 cm³/mol. The molecule has 2 aromatic rings. The summed E-state index contributed by atoms with van der Waals surface area (Å²) in [5.74, 6) is 0.259. The Kier molecular flexibility index (Phi) is 6.39. The first-order chi connectivity index (χ1) is 13.4. The van der Waals surface area contributed by atoms with Gasteiger partial charge in [-0.3, -0.25) is 4.79 Å². The van der Waals surface area contributed by atoms with Crippen molar-refractivity contribution in [1.29, 1.82) is 0 Å². The van der Waals surface area contributed by atoms with E-state index in [-0.39, 0.29) is 11.3 Å². The first kappa shape index (κ1) is 20.4. The van der Waals surface area contributed by atoms with E-state index in [0.29, 0.717) is 13.0 Å². The fourth-order valence-corrected chi connectivity index (χ4v) is 3.84. The standard InChI is InChI=1S/C26H33NO/c1-5-8-25(28)27(19-20-11-15-23(16-12-20)26(2,3)4)18-17-22-14-13-21-9-6-7-10-24(21)22/h6-7,9-12,14-16H,5,8,13,17-19H2,1-4H3. The molecule has 2 nitrogen and oxygen atoms in total. The third-order valence-corrected chi connectivity index (χ3v) is 5.59. The molecule has 3 rings (SSSR count). The summed E-state index contributed by atoms with van der Waals surface area (Å²) >= 11 is 0. The maximum Gasteiger partial charge on any atom is 0.222 e. The SMILES string of the molecule is CCCC(=O)N(CCC1=CCc2ccccc21)Cc1ccc(C(C)(C)C)cc1. The van der Waals surface area contributed by atoms with Crippen LogP contribution >= 0.6 is 0 Å². The zero-order chi connectivity index (χ0) is 20.1. The van der Waals surface area contributed by atoms with Gasteiger partial charge in [0.25, 0.3) is 0 Å². The number of hydrogen-bond donors (Lipinski definition) is 0. The second-order valence-electron chi connectivity index (χ2n) is 8.85. The Morgan fingerprint density at radius 3 is 2.43 bits per heavy atom. The quantitative estimate of drug-likeness (QED) is 0.569. The summed E-state index contributed by atoms with van der Waals surface area (Å²) in [5, 5.41) is 0. The summed E-state index contributed by atoms with van der Waals surface area (Å²) in [4.78, 5) is 14.8. The minimum absolute atomic E-state index is 0.151. The highest BCUT2D eigenvalue weighted by Crippen LogP contribution is 2.30. The van der Waals surface area contributed by atoms with Gasteiger partial charge in [-0.05, 0) is 52.5 Å². The van der Waals surface area contributed by atoms with Gasteiger partial charge in [-0.2, -0.15) is 0 Å². The maximum absolute atomic E-state index is 12.7. The van der Waals surface area contributed by atoms with E-state index in [2.05, 4.69) is 82.3 Å². The third-order valence-electron chi connectivity index (χ3n) is 5.59.